The lowest BCUT2D eigenvalue weighted by Crippen LogP contribution is -2.65. The second-order valence-corrected chi connectivity index (χ2v) is 6.61. The molecule has 0 aromatic rings. The number of aliphatic hydroxyl groups excluding tert-OH is 1. The van der Waals surface area contributed by atoms with E-state index in [0.29, 0.717) is 19.6 Å². The molecule has 0 bridgehead atoms. The fourth-order valence-corrected chi connectivity index (χ4v) is 2.70. The molecule has 2 aliphatic rings. The molecule has 1 heterocycles. The first-order valence-electron chi connectivity index (χ1n) is 7.09. The van der Waals surface area contributed by atoms with Crippen LogP contribution in [0.5, 0.6) is 0 Å². The maximum Gasteiger partial charge on any atom is 0.410 e. The van der Waals surface area contributed by atoms with Gasteiger partial charge in [0.2, 0.25) is 0 Å². The number of morpholine rings is 1. The summed E-state index contributed by atoms with van der Waals surface area (Å²) in [7, 11) is 0. The Balaban J connectivity index is 2.05. The van der Waals surface area contributed by atoms with Gasteiger partial charge in [-0.1, -0.05) is 0 Å². The third-order valence-electron chi connectivity index (χ3n) is 3.90. The molecule has 5 nitrogen and oxygen atoms in total. The van der Waals surface area contributed by atoms with Crippen LogP contribution in [-0.2, 0) is 9.47 Å². The SMILES string of the molecule is CC(C)(C)OC(=O)N1CC(CCO)OCC12CCC2. The summed E-state index contributed by atoms with van der Waals surface area (Å²) >= 11 is 0. The van der Waals surface area contributed by atoms with Gasteiger partial charge < -0.3 is 14.6 Å². The number of hydrogen-bond acceptors (Lipinski definition) is 4. The van der Waals surface area contributed by atoms with E-state index in [1.54, 1.807) is 0 Å². The minimum Gasteiger partial charge on any atom is -0.444 e. The Kier molecular flexibility index (Phi) is 4.06. The van der Waals surface area contributed by atoms with Crippen molar-refractivity contribution in [3.05, 3.63) is 0 Å². The van der Waals surface area contributed by atoms with E-state index in [1.165, 1.54) is 0 Å². The molecule has 0 aromatic heterocycles. The van der Waals surface area contributed by atoms with E-state index >= 15 is 0 Å². The van der Waals surface area contributed by atoms with Crippen molar-refractivity contribution in [2.24, 2.45) is 0 Å². The van der Waals surface area contributed by atoms with Gasteiger partial charge in [0.25, 0.3) is 0 Å². The average Bonchev–Trinajstić information content (AvgIpc) is 2.25. The van der Waals surface area contributed by atoms with E-state index in [0.717, 1.165) is 19.3 Å². The van der Waals surface area contributed by atoms with Crippen molar-refractivity contribution in [2.75, 3.05) is 19.8 Å². The van der Waals surface area contributed by atoms with Crippen LogP contribution in [-0.4, -0.2) is 53.1 Å². The van der Waals surface area contributed by atoms with E-state index in [2.05, 4.69) is 0 Å². The molecule has 1 spiro atoms. The predicted octanol–water partition coefficient (Wildman–Crippen LogP) is 1.93. The van der Waals surface area contributed by atoms with E-state index in [4.69, 9.17) is 14.6 Å². The largest absolute Gasteiger partial charge is 0.444 e. The quantitative estimate of drug-likeness (QED) is 0.833. The molecule has 1 atom stereocenters. The van der Waals surface area contributed by atoms with Crippen LogP contribution < -0.4 is 0 Å². The molecule has 1 unspecified atom stereocenters. The highest BCUT2D eigenvalue weighted by molar-refractivity contribution is 5.69. The van der Waals surface area contributed by atoms with Crippen LogP contribution in [0.25, 0.3) is 0 Å². The lowest BCUT2D eigenvalue weighted by Gasteiger charge is -2.54. The van der Waals surface area contributed by atoms with E-state index in [9.17, 15) is 4.79 Å². The molecule has 1 saturated heterocycles. The second kappa shape index (κ2) is 5.29. The van der Waals surface area contributed by atoms with Crippen molar-refractivity contribution in [1.82, 2.24) is 4.90 Å². The lowest BCUT2D eigenvalue weighted by molar-refractivity contribution is -0.140. The molecule has 110 valence electrons. The smallest absolute Gasteiger partial charge is 0.410 e. The monoisotopic (exact) mass is 271 g/mol. The number of nitrogens with zero attached hydrogens (tertiary/aromatic N) is 1. The van der Waals surface area contributed by atoms with Crippen molar-refractivity contribution in [3.8, 4) is 0 Å². The molecule has 1 saturated carbocycles. The molecular formula is C14H25NO4. The standard InChI is InChI=1S/C14H25NO4/c1-13(2,3)19-12(17)15-9-11(5-8-16)18-10-14(15)6-4-7-14/h11,16H,4-10H2,1-3H3. The number of amides is 1. The molecule has 5 heteroatoms. The van der Waals surface area contributed by atoms with Crippen molar-refractivity contribution in [1.29, 1.82) is 0 Å². The number of rotatable bonds is 2. The molecule has 1 aliphatic carbocycles. The van der Waals surface area contributed by atoms with Gasteiger partial charge >= 0.3 is 6.09 Å². The van der Waals surface area contributed by atoms with Gasteiger partial charge in [0.05, 0.1) is 24.8 Å². The van der Waals surface area contributed by atoms with Gasteiger partial charge in [-0.25, -0.2) is 4.79 Å². The Morgan fingerprint density at radius 3 is 2.63 bits per heavy atom. The highest BCUT2D eigenvalue weighted by atomic mass is 16.6. The Labute approximate surface area is 114 Å². The van der Waals surface area contributed by atoms with Crippen LogP contribution in [0, 0.1) is 0 Å². The van der Waals surface area contributed by atoms with Gasteiger partial charge in [-0.3, -0.25) is 4.90 Å². The normalized spacial score (nSPS) is 26.1. The lowest BCUT2D eigenvalue weighted by atomic mass is 9.75. The molecule has 0 aromatic carbocycles. The number of hydrogen-bond donors (Lipinski definition) is 1. The number of aliphatic hydroxyl groups is 1. The molecule has 2 fully saturated rings. The molecule has 2 rings (SSSR count). The Morgan fingerprint density at radius 1 is 1.47 bits per heavy atom. The molecule has 1 amide bonds. The molecule has 19 heavy (non-hydrogen) atoms. The first-order valence-corrected chi connectivity index (χ1v) is 7.09. The van der Waals surface area contributed by atoms with Gasteiger partial charge in [-0.15, -0.1) is 0 Å². The van der Waals surface area contributed by atoms with Gasteiger partial charge in [0.15, 0.2) is 0 Å². The Morgan fingerprint density at radius 2 is 2.16 bits per heavy atom. The van der Waals surface area contributed by atoms with E-state index < -0.39 is 5.60 Å². The average molecular weight is 271 g/mol. The molecule has 1 aliphatic heterocycles. The number of carbonyl (C=O) groups excluding carboxylic acids is 1. The maximum atomic E-state index is 12.4. The fourth-order valence-electron chi connectivity index (χ4n) is 2.70. The summed E-state index contributed by atoms with van der Waals surface area (Å²) < 4.78 is 11.3. The zero-order chi connectivity index (χ0) is 14.1. The zero-order valence-corrected chi connectivity index (χ0v) is 12.1. The first-order chi connectivity index (χ1) is 8.86. The summed E-state index contributed by atoms with van der Waals surface area (Å²) in [6, 6.07) is 0. The highest BCUT2D eigenvalue weighted by Crippen LogP contribution is 2.41. The van der Waals surface area contributed by atoms with Crippen molar-refractivity contribution >= 4 is 6.09 Å². The van der Waals surface area contributed by atoms with Gasteiger partial charge in [-0.05, 0) is 46.5 Å². The van der Waals surface area contributed by atoms with E-state index in [-0.39, 0.29) is 24.3 Å². The van der Waals surface area contributed by atoms with Crippen LogP contribution in [0.3, 0.4) is 0 Å². The van der Waals surface area contributed by atoms with Crippen LogP contribution in [0.15, 0.2) is 0 Å². The number of carbonyl (C=O) groups is 1. The van der Waals surface area contributed by atoms with E-state index in [1.807, 2.05) is 25.7 Å². The van der Waals surface area contributed by atoms with Crippen LogP contribution in [0.2, 0.25) is 0 Å². The topological polar surface area (TPSA) is 59.0 Å². The Hall–Kier alpha value is -0.810. The molecule has 1 N–H and O–H groups in total. The van der Waals surface area contributed by atoms with Crippen molar-refractivity contribution in [2.45, 2.75) is 63.7 Å². The Bertz CT molecular complexity index is 333. The summed E-state index contributed by atoms with van der Waals surface area (Å²) in [5.74, 6) is 0. The summed E-state index contributed by atoms with van der Waals surface area (Å²) in [5.41, 5.74) is -0.638. The van der Waals surface area contributed by atoms with Gasteiger partial charge in [0.1, 0.15) is 5.60 Å². The summed E-state index contributed by atoms with van der Waals surface area (Å²) in [5, 5.41) is 9.02. The van der Waals surface area contributed by atoms with Crippen LogP contribution in [0.4, 0.5) is 4.79 Å². The van der Waals surface area contributed by atoms with Gasteiger partial charge in [0, 0.05) is 6.61 Å². The first kappa shape index (κ1) is 14.6. The summed E-state index contributed by atoms with van der Waals surface area (Å²) in [6.07, 6.45) is 3.33. The van der Waals surface area contributed by atoms with Crippen molar-refractivity contribution in [3.63, 3.8) is 0 Å². The molecular weight excluding hydrogens is 246 g/mol. The molecule has 0 radical (unpaired) electrons. The minimum atomic E-state index is -0.479. The maximum absolute atomic E-state index is 12.4. The summed E-state index contributed by atoms with van der Waals surface area (Å²) in [6.45, 7) is 6.81. The van der Waals surface area contributed by atoms with Crippen molar-refractivity contribution < 1.29 is 19.4 Å². The second-order valence-electron chi connectivity index (χ2n) is 6.61. The summed E-state index contributed by atoms with van der Waals surface area (Å²) in [4.78, 5) is 14.2. The fraction of sp³-hybridized carbons (Fsp3) is 0.929. The highest BCUT2D eigenvalue weighted by Gasteiger charge is 2.50. The third-order valence-corrected chi connectivity index (χ3v) is 3.90. The van der Waals surface area contributed by atoms with Crippen LogP contribution in [0.1, 0.15) is 46.5 Å². The minimum absolute atomic E-state index is 0.0799. The predicted molar refractivity (Wildman–Crippen MR) is 71.0 cm³/mol. The third kappa shape index (κ3) is 3.20. The van der Waals surface area contributed by atoms with Gasteiger partial charge in [-0.2, -0.15) is 0 Å². The number of ether oxygens (including phenoxy) is 2. The van der Waals surface area contributed by atoms with Crippen LogP contribution >= 0.6 is 0 Å². The zero-order valence-electron chi connectivity index (χ0n) is 12.1.